The Morgan fingerprint density at radius 2 is 1.57 bits per heavy atom. The molecule has 0 fully saturated rings. The summed E-state index contributed by atoms with van der Waals surface area (Å²) in [5.41, 5.74) is 0.123. The predicted molar refractivity (Wildman–Crippen MR) is 127 cm³/mol. The number of hydrogen-bond donors (Lipinski definition) is 1. The van der Waals surface area contributed by atoms with E-state index in [0.29, 0.717) is 16.3 Å². The van der Waals surface area contributed by atoms with Crippen LogP contribution in [0.2, 0.25) is 5.02 Å². The smallest absolute Gasteiger partial charge is 0.325 e. The van der Waals surface area contributed by atoms with Gasteiger partial charge in [-0.1, -0.05) is 53.7 Å². The van der Waals surface area contributed by atoms with Crippen LogP contribution in [0.1, 0.15) is 15.9 Å². The molecule has 6 nitrogen and oxygen atoms in total. The quantitative estimate of drug-likeness (QED) is 0.316. The summed E-state index contributed by atoms with van der Waals surface area (Å²) < 4.78 is 40.0. The molecule has 0 bridgehead atoms. The summed E-state index contributed by atoms with van der Waals surface area (Å²) in [6.07, 6.45) is -4.53. The Kier molecular flexibility index (Phi) is 7.23. The molecule has 11 heteroatoms. The van der Waals surface area contributed by atoms with Gasteiger partial charge in [0.15, 0.2) is 11.0 Å². The number of para-hydroxylation sites is 1. The van der Waals surface area contributed by atoms with Crippen molar-refractivity contribution in [2.75, 3.05) is 11.1 Å². The Morgan fingerprint density at radius 3 is 2.23 bits per heavy atom. The molecule has 0 radical (unpaired) electrons. The topological polar surface area (TPSA) is 76.9 Å². The number of hydrogen-bond acceptors (Lipinski definition) is 5. The molecule has 0 aliphatic rings. The summed E-state index contributed by atoms with van der Waals surface area (Å²) in [5, 5.41) is 11.3. The van der Waals surface area contributed by atoms with Gasteiger partial charge in [0.1, 0.15) is 0 Å². The molecule has 0 aliphatic carbocycles. The minimum atomic E-state index is -4.53. The second-order valence-corrected chi connectivity index (χ2v) is 8.55. The van der Waals surface area contributed by atoms with Gasteiger partial charge < -0.3 is 5.32 Å². The highest BCUT2D eigenvalue weighted by molar-refractivity contribution is 7.99. The van der Waals surface area contributed by atoms with E-state index in [1.165, 1.54) is 0 Å². The number of nitrogens with zero attached hydrogens (tertiary/aromatic N) is 3. The van der Waals surface area contributed by atoms with Gasteiger partial charge in [0.05, 0.1) is 16.3 Å². The number of amides is 1. The predicted octanol–water partition coefficient (Wildman–Crippen LogP) is 6.04. The molecule has 0 atom stereocenters. The molecule has 0 aliphatic heterocycles. The Balaban J connectivity index is 1.65. The SMILES string of the molecule is O=C(CSc1nnc(-c2ccccc2Cl)n1C(=O)c1ccc(C(F)(F)F)cc1)Nc1ccccc1. The molecule has 4 rings (SSSR count). The van der Waals surface area contributed by atoms with Crippen molar-refractivity contribution in [1.29, 1.82) is 0 Å². The van der Waals surface area contributed by atoms with Gasteiger partial charge in [0.2, 0.25) is 5.91 Å². The number of anilines is 1. The van der Waals surface area contributed by atoms with E-state index >= 15 is 0 Å². The van der Waals surface area contributed by atoms with Crippen molar-refractivity contribution in [3.05, 3.63) is 95.0 Å². The van der Waals surface area contributed by atoms with E-state index in [2.05, 4.69) is 15.5 Å². The van der Waals surface area contributed by atoms with Crippen LogP contribution in [0.3, 0.4) is 0 Å². The molecule has 1 N–H and O–H groups in total. The number of halogens is 4. The zero-order valence-electron chi connectivity index (χ0n) is 17.8. The molecule has 178 valence electrons. The summed E-state index contributed by atoms with van der Waals surface area (Å²) >= 11 is 7.25. The van der Waals surface area contributed by atoms with E-state index in [4.69, 9.17) is 11.6 Å². The van der Waals surface area contributed by atoms with Gasteiger partial charge in [0.25, 0.3) is 5.91 Å². The van der Waals surface area contributed by atoms with E-state index in [9.17, 15) is 22.8 Å². The van der Waals surface area contributed by atoms with Gasteiger partial charge in [-0.15, -0.1) is 10.2 Å². The minimum Gasteiger partial charge on any atom is -0.325 e. The van der Waals surface area contributed by atoms with Gasteiger partial charge >= 0.3 is 6.18 Å². The Labute approximate surface area is 207 Å². The third kappa shape index (κ3) is 5.72. The van der Waals surface area contributed by atoms with Crippen LogP contribution in [0, 0.1) is 0 Å². The van der Waals surface area contributed by atoms with E-state index in [-0.39, 0.29) is 28.2 Å². The summed E-state index contributed by atoms with van der Waals surface area (Å²) in [5.74, 6) is -0.983. The number of carbonyl (C=O) groups excluding carboxylic acids is 2. The normalized spacial score (nSPS) is 11.3. The molecule has 0 unspecified atom stereocenters. The summed E-state index contributed by atoms with van der Waals surface area (Å²) in [6, 6.07) is 19.3. The third-order valence-electron chi connectivity index (χ3n) is 4.80. The Bertz CT molecular complexity index is 1360. The molecule has 0 spiro atoms. The van der Waals surface area contributed by atoms with Crippen LogP contribution in [0.25, 0.3) is 11.4 Å². The lowest BCUT2D eigenvalue weighted by atomic mass is 10.1. The van der Waals surface area contributed by atoms with Crippen LogP contribution in [0.4, 0.5) is 18.9 Å². The van der Waals surface area contributed by atoms with Crippen LogP contribution in [-0.2, 0) is 11.0 Å². The summed E-state index contributed by atoms with van der Waals surface area (Å²) in [7, 11) is 0. The molecule has 0 saturated heterocycles. The van der Waals surface area contributed by atoms with Crippen molar-refractivity contribution in [2.45, 2.75) is 11.3 Å². The van der Waals surface area contributed by atoms with Crippen LogP contribution in [0.15, 0.2) is 84.0 Å². The van der Waals surface area contributed by atoms with Crippen molar-refractivity contribution < 1.29 is 22.8 Å². The average Bonchev–Trinajstić information content (AvgIpc) is 3.26. The van der Waals surface area contributed by atoms with Crippen molar-refractivity contribution in [3.63, 3.8) is 0 Å². The monoisotopic (exact) mass is 516 g/mol. The zero-order valence-corrected chi connectivity index (χ0v) is 19.4. The van der Waals surface area contributed by atoms with Crippen LogP contribution >= 0.6 is 23.4 Å². The summed E-state index contributed by atoms with van der Waals surface area (Å²) in [4.78, 5) is 25.8. The fraction of sp³-hybridized carbons (Fsp3) is 0.0833. The van der Waals surface area contributed by atoms with Gasteiger partial charge in [-0.3, -0.25) is 9.59 Å². The molecular weight excluding hydrogens is 501 g/mol. The maximum absolute atomic E-state index is 13.4. The maximum Gasteiger partial charge on any atom is 0.416 e. The third-order valence-corrected chi connectivity index (χ3v) is 6.06. The first-order valence-corrected chi connectivity index (χ1v) is 11.5. The number of rotatable bonds is 6. The first-order chi connectivity index (χ1) is 16.7. The molecule has 35 heavy (non-hydrogen) atoms. The molecule has 4 aromatic rings. The van der Waals surface area contributed by atoms with E-state index in [1.807, 2.05) is 6.07 Å². The summed E-state index contributed by atoms with van der Waals surface area (Å²) in [6.45, 7) is 0. The van der Waals surface area contributed by atoms with Crippen molar-refractivity contribution in [1.82, 2.24) is 14.8 Å². The number of aromatic nitrogens is 3. The van der Waals surface area contributed by atoms with Gasteiger partial charge in [-0.2, -0.15) is 13.2 Å². The first-order valence-electron chi connectivity index (χ1n) is 10.1. The second-order valence-electron chi connectivity index (χ2n) is 7.20. The van der Waals surface area contributed by atoms with E-state index in [1.54, 1.807) is 48.5 Å². The standard InChI is InChI=1S/C24H16ClF3N4O2S/c25-19-9-5-4-8-18(19)21-30-31-23(35-14-20(33)29-17-6-2-1-3-7-17)32(21)22(34)15-10-12-16(13-11-15)24(26,27)28/h1-13H,14H2,(H,29,33). The van der Waals surface area contributed by atoms with E-state index in [0.717, 1.165) is 40.6 Å². The first kappa shape index (κ1) is 24.5. The number of benzene rings is 3. The van der Waals surface area contributed by atoms with Gasteiger partial charge in [0, 0.05) is 16.8 Å². The maximum atomic E-state index is 13.4. The van der Waals surface area contributed by atoms with Crippen molar-refractivity contribution >= 4 is 40.9 Å². The second kappa shape index (κ2) is 10.3. The Hall–Kier alpha value is -3.63. The lowest BCUT2D eigenvalue weighted by Crippen LogP contribution is -2.18. The highest BCUT2D eigenvalue weighted by Gasteiger charge is 2.31. The number of carbonyl (C=O) groups is 2. The van der Waals surface area contributed by atoms with Crippen LogP contribution in [-0.4, -0.2) is 32.3 Å². The highest BCUT2D eigenvalue weighted by Crippen LogP contribution is 2.32. The molecular formula is C24H16ClF3N4O2S. The molecule has 0 saturated carbocycles. The molecule has 1 amide bonds. The number of nitrogens with one attached hydrogen (secondary N) is 1. The van der Waals surface area contributed by atoms with E-state index < -0.39 is 17.6 Å². The van der Waals surface area contributed by atoms with Crippen LogP contribution in [0.5, 0.6) is 0 Å². The van der Waals surface area contributed by atoms with Crippen LogP contribution < -0.4 is 5.32 Å². The lowest BCUT2D eigenvalue weighted by Gasteiger charge is -2.11. The average molecular weight is 517 g/mol. The molecule has 1 aromatic heterocycles. The van der Waals surface area contributed by atoms with Crippen molar-refractivity contribution in [3.8, 4) is 11.4 Å². The lowest BCUT2D eigenvalue weighted by molar-refractivity contribution is -0.137. The van der Waals surface area contributed by atoms with Gasteiger partial charge in [-0.05, 0) is 48.5 Å². The number of thioether (sulfide) groups is 1. The van der Waals surface area contributed by atoms with Gasteiger partial charge in [-0.25, -0.2) is 4.57 Å². The Morgan fingerprint density at radius 1 is 0.914 bits per heavy atom. The largest absolute Gasteiger partial charge is 0.416 e. The van der Waals surface area contributed by atoms with Crippen molar-refractivity contribution in [2.24, 2.45) is 0 Å². The zero-order chi connectivity index (χ0) is 25.0. The fourth-order valence-electron chi connectivity index (χ4n) is 3.14. The number of alkyl halides is 3. The molecule has 3 aromatic carbocycles. The molecule has 1 heterocycles. The fourth-order valence-corrected chi connectivity index (χ4v) is 4.09. The highest BCUT2D eigenvalue weighted by atomic mass is 35.5. The minimum absolute atomic E-state index is 0.0123.